The van der Waals surface area contributed by atoms with Crippen molar-refractivity contribution in [3.63, 3.8) is 0 Å². The summed E-state index contributed by atoms with van der Waals surface area (Å²) in [5.74, 6) is -1.44. The number of carbonyl (C=O) groups excluding carboxylic acids is 1. The molecule has 0 N–H and O–H groups in total. The predicted octanol–water partition coefficient (Wildman–Crippen LogP) is 3.30. The molecule has 0 aliphatic heterocycles. The smallest absolute Gasteiger partial charge is 0.466 e. The first kappa shape index (κ1) is 17.1. The maximum absolute atomic E-state index is 12.4. The van der Waals surface area contributed by atoms with Gasteiger partial charge in [-0.05, 0) is 18.6 Å². The van der Waals surface area contributed by atoms with Crippen molar-refractivity contribution in [2.45, 2.75) is 25.6 Å². The monoisotopic (exact) mass is 321 g/mol. The number of hydrogen-bond acceptors (Lipinski definition) is 4. The number of esters is 1. The highest BCUT2D eigenvalue weighted by atomic mass is 35.5. The van der Waals surface area contributed by atoms with Crippen molar-refractivity contribution in [3.8, 4) is 11.8 Å². The average Bonchev–Trinajstić information content (AvgIpc) is 2.39. The Morgan fingerprint density at radius 2 is 2.10 bits per heavy atom. The molecule has 0 aliphatic rings. The summed E-state index contributed by atoms with van der Waals surface area (Å²) in [5.41, 5.74) is -0.0349. The van der Waals surface area contributed by atoms with Crippen molar-refractivity contribution in [1.82, 2.24) is 0 Å². The van der Waals surface area contributed by atoms with Crippen LogP contribution in [0.3, 0.4) is 0 Å². The third-order valence-electron chi connectivity index (χ3n) is 2.36. The van der Waals surface area contributed by atoms with Crippen LogP contribution in [0.25, 0.3) is 0 Å². The van der Waals surface area contributed by atoms with Gasteiger partial charge in [0, 0.05) is 11.4 Å². The van der Waals surface area contributed by atoms with Crippen molar-refractivity contribution in [3.05, 3.63) is 28.8 Å². The fourth-order valence-electron chi connectivity index (χ4n) is 1.65. The minimum Gasteiger partial charge on any atom is -0.466 e. The quantitative estimate of drug-likeness (QED) is 0.616. The molecule has 0 radical (unpaired) electrons. The largest absolute Gasteiger partial charge is 0.573 e. The molecule has 0 saturated carbocycles. The van der Waals surface area contributed by atoms with E-state index in [1.165, 1.54) is 12.1 Å². The summed E-state index contributed by atoms with van der Waals surface area (Å²) in [6.07, 6.45) is -5.42. The van der Waals surface area contributed by atoms with E-state index in [9.17, 15) is 18.0 Å². The second-order valence-electron chi connectivity index (χ2n) is 3.91. The van der Waals surface area contributed by atoms with Gasteiger partial charge in [0.25, 0.3) is 0 Å². The highest BCUT2D eigenvalue weighted by molar-refractivity contribution is 6.17. The Bertz CT molecular complexity index is 567. The van der Waals surface area contributed by atoms with E-state index in [0.29, 0.717) is 5.56 Å². The van der Waals surface area contributed by atoms with Gasteiger partial charge in [-0.2, -0.15) is 5.26 Å². The van der Waals surface area contributed by atoms with E-state index in [-0.39, 0.29) is 23.6 Å². The van der Waals surface area contributed by atoms with E-state index in [1.54, 1.807) is 13.0 Å². The number of alkyl halides is 4. The molecule has 21 heavy (non-hydrogen) atoms. The number of halogens is 4. The summed E-state index contributed by atoms with van der Waals surface area (Å²) in [4.78, 5) is 11.5. The maximum atomic E-state index is 12.4. The lowest BCUT2D eigenvalue weighted by Gasteiger charge is -2.15. The van der Waals surface area contributed by atoms with Crippen molar-refractivity contribution in [2.75, 3.05) is 6.61 Å². The van der Waals surface area contributed by atoms with Crippen molar-refractivity contribution in [1.29, 1.82) is 5.26 Å². The highest BCUT2D eigenvalue weighted by Crippen LogP contribution is 2.32. The van der Waals surface area contributed by atoms with Gasteiger partial charge in [0.05, 0.1) is 18.6 Å². The molecule has 0 aromatic heterocycles. The molecule has 0 spiro atoms. The van der Waals surface area contributed by atoms with E-state index in [0.717, 1.165) is 0 Å². The molecule has 0 aliphatic carbocycles. The lowest BCUT2D eigenvalue weighted by atomic mass is 10.0. The fraction of sp³-hybridized carbons (Fsp3) is 0.385. The standard InChI is InChI=1S/C13H11ClF3NO3/c1-2-20-11(19)5-9-3-8(6-14)4-10(7-18)12(9)21-13(15,16)17/h3-4H,2,5-6H2,1H3. The Hall–Kier alpha value is -1.94. The topological polar surface area (TPSA) is 59.3 Å². The minimum atomic E-state index is -4.97. The zero-order valence-electron chi connectivity index (χ0n) is 11.0. The molecule has 1 rings (SSSR count). The van der Waals surface area contributed by atoms with Gasteiger partial charge < -0.3 is 9.47 Å². The van der Waals surface area contributed by atoms with E-state index >= 15 is 0 Å². The molecule has 0 saturated heterocycles. The van der Waals surface area contributed by atoms with E-state index in [2.05, 4.69) is 9.47 Å². The summed E-state index contributed by atoms with van der Waals surface area (Å²) in [6, 6.07) is 4.07. The maximum Gasteiger partial charge on any atom is 0.573 e. The van der Waals surface area contributed by atoms with Crippen molar-refractivity contribution < 1.29 is 27.4 Å². The van der Waals surface area contributed by atoms with Crippen LogP contribution in [0.5, 0.6) is 5.75 Å². The second-order valence-corrected chi connectivity index (χ2v) is 4.17. The third-order valence-corrected chi connectivity index (χ3v) is 2.67. The van der Waals surface area contributed by atoms with Crippen LogP contribution < -0.4 is 4.74 Å². The SMILES string of the molecule is CCOC(=O)Cc1cc(CCl)cc(C#N)c1OC(F)(F)F. The molecule has 0 fully saturated rings. The van der Waals surface area contributed by atoms with Crippen LogP contribution in [0, 0.1) is 11.3 Å². The molecule has 0 unspecified atom stereocenters. The molecular weight excluding hydrogens is 311 g/mol. The summed E-state index contributed by atoms with van der Waals surface area (Å²) in [6.45, 7) is 1.66. The molecule has 0 heterocycles. The van der Waals surface area contributed by atoms with Gasteiger partial charge in [0.1, 0.15) is 6.07 Å². The van der Waals surface area contributed by atoms with Gasteiger partial charge >= 0.3 is 12.3 Å². The van der Waals surface area contributed by atoms with E-state index < -0.39 is 24.5 Å². The van der Waals surface area contributed by atoms with Gasteiger partial charge in [-0.3, -0.25) is 4.79 Å². The number of nitriles is 1. The first-order valence-corrected chi connectivity index (χ1v) is 6.37. The predicted molar refractivity (Wildman–Crippen MR) is 67.7 cm³/mol. The molecule has 4 nitrogen and oxygen atoms in total. The van der Waals surface area contributed by atoms with Gasteiger partial charge in [0.2, 0.25) is 0 Å². The Morgan fingerprint density at radius 3 is 2.57 bits per heavy atom. The number of carbonyl (C=O) groups is 1. The average molecular weight is 322 g/mol. The Labute approximate surface area is 124 Å². The Morgan fingerprint density at radius 1 is 1.43 bits per heavy atom. The fourth-order valence-corrected chi connectivity index (χ4v) is 1.80. The lowest BCUT2D eigenvalue weighted by molar-refractivity contribution is -0.275. The summed E-state index contributed by atoms with van der Waals surface area (Å²) < 4.78 is 45.8. The van der Waals surface area contributed by atoms with E-state index in [4.69, 9.17) is 16.9 Å². The van der Waals surface area contributed by atoms with Crippen molar-refractivity contribution in [2.24, 2.45) is 0 Å². The molecular formula is C13H11ClF3NO3. The number of ether oxygens (including phenoxy) is 2. The van der Waals surface area contributed by atoms with Crippen LogP contribution in [0.1, 0.15) is 23.6 Å². The zero-order valence-corrected chi connectivity index (χ0v) is 11.7. The Kier molecular flexibility index (Phi) is 5.85. The molecule has 0 atom stereocenters. The first-order chi connectivity index (χ1) is 9.80. The summed E-state index contributed by atoms with van der Waals surface area (Å²) in [5, 5.41) is 8.94. The van der Waals surface area contributed by atoms with Crippen LogP contribution in [0.15, 0.2) is 12.1 Å². The number of benzene rings is 1. The van der Waals surface area contributed by atoms with Crippen LogP contribution in [-0.4, -0.2) is 18.9 Å². The highest BCUT2D eigenvalue weighted by Gasteiger charge is 2.34. The second kappa shape index (κ2) is 7.18. The first-order valence-electron chi connectivity index (χ1n) is 5.84. The minimum absolute atomic E-state index is 0.0171. The van der Waals surface area contributed by atoms with Gasteiger partial charge in [-0.25, -0.2) is 0 Å². The summed E-state index contributed by atoms with van der Waals surface area (Å²) >= 11 is 5.62. The third kappa shape index (κ3) is 5.16. The molecule has 0 amide bonds. The number of hydrogen-bond donors (Lipinski definition) is 0. The number of nitrogens with zero attached hydrogens (tertiary/aromatic N) is 1. The molecule has 0 bridgehead atoms. The summed E-state index contributed by atoms with van der Waals surface area (Å²) in [7, 11) is 0. The van der Waals surface area contributed by atoms with Crippen LogP contribution in [0.4, 0.5) is 13.2 Å². The zero-order chi connectivity index (χ0) is 16.0. The van der Waals surface area contributed by atoms with Gasteiger partial charge in [-0.15, -0.1) is 24.8 Å². The lowest BCUT2D eigenvalue weighted by Crippen LogP contribution is -2.20. The van der Waals surface area contributed by atoms with Crippen LogP contribution >= 0.6 is 11.6 Å². The molecule has 8 heteroatoms. The Balaban J connectivity index is 3.29. The van der Waals surface area contributed by atoms with Crippen LogP contribution in [-0.2, 0) is 21.8 Å². The molecule has 1 aromatic carbocycles. The van der Waals surface area contributed by atoms with Gasteiger partial charge in [-0.1, -0.05) is 6.07 Å². The number of rotatable bonds is 5. The molecule has 1 aromatic rings. The van der Waals surface area contributed by atoms with E-state index in [1.807, 2.05) is 0 Å². The van der Waals surface area contributed by atoms with Crippen LogP contribution in [0.2, 0.25) is 0 Å². The normalized spacial score (nSPS) is 10.9. The molecule has 114 valence electrons. The van der Waals surface area contributed by atoms with Gasteiger partial charge in [0.15, 0.2) is 5.75 Å². The van der Waals surface area contributed by atoms with Crippen molar-refractivity contribution >= 4 is 17.6 Å².